The fourth-order valence-electron chi connectivity index (χ4n) is 4.89. The molecule has 1 fully saturated rings. The van der Waals surface area contributed by atoms with Crippen molar-refractivity contribution in [3.63, 3.8) is 0 Å². The van der Waals surface area contributed by atoms with E-state index in [0.29, 0.717) is 48.4 Å². The van der Waals surface area contributed by atoms with E-state index >= 15 is 0 Å². The Morgan fingerprint density at radius 1 is 0.947 bits per heavy atom. The highest BCUT2D eigenvalue weighted by Crippen LogP contribution is 2.42. The van der Waals surface area contributed by atoms with Crippen LogP contribution in [0, 0.1) is 5.82 Å². The summed E-state index contributed by atoms with van der Waals surface area (Å²) in [5, 5.41) is 10.3. The normalized spacial score (nSPS) is 17.8. The maximum Gasteiger partial charge on any atom is 0.416 e. The molecule has 0 radical (unpaired) electrons. The molecule has 11 heteroatoms. The number of carboxylic acid groups (broad SMARTS) is 1. The minimum Gasteiger partial charge on any atom is -0.481 e. The summed E-state index contributed by atoms with van der Waals surface area (Å²) in [6.45, 7) is 2.10. The van der Waals surface area contributed by atoms with Crippen molar-refractivity contribution in [3.8, 4) is 0 Å². The number of anilines is 2. The first-order chi connectivity index (χ1) is 18.1. The molecule has 3 aromatic carbocycles. The Hall–Kier alpha value is -3.79. The van der Waals surface area contributed by atoms with Crippen LogP contribution < -0.4 is 9.80 Å². The molecule has 38 heavy (non-hydrogen) atoms. The Balaban J connectivity index is 1.56. The third kappa shape index (κ3) is 5.26. The Labute approximate surface area is 221 Å². The molecule has 1 saturated heterocycles. The highest BCUT2D eigenvalue weighted by molar-refractivity contribution is 6.30. The van der Waals surface area contributed by atoms with E-state index in [0.717, 1.165) is 17.8 Å². The summed E-state index contributed by atoms with van der Waals surface area (Å²) in [5.41, 5.74) is 0.873. The number of hydrogen-bond donors (Lipinski definition) is 1. The lowest BCUT2D eigenvalue weighted by Crippen LogP contribution is -2.55. The number of rotatable bonds is 4. The lowest BCUT2D eigenvalue weighted by molar-refractivity contribution is -0.138. The number of carbonyl (C=O) groups is 1. The maximum absolute atomic E-state index is 14.3. The number of aliphatic carboxylic acids is 1. The van der Waals surface area contributed by atoms with Crippen molar-refractivity contribution in [2.24, 2.45) is 4.99 Å². The number of benzene rings is 3. The summed E-state index contributed by atoms with van der Waals surface area (Å²) in [4.78, 5) is 22.2. The summed E-state index contributed by atoms with van der Waals surface area (Å²) in [5.74, 6) is -1.44. The topological polar surface area (TPSA) is 59.4 Å². The first kappa shape index (κ1) is 25.8. The van der Waals surface area contributed by atoms with Gasteiger partial charge < -0.3 is 19.8 Å². The Morgan fingerprint density at radius 2 is 1.63 bits per heavy atom. The fourth-order valence-corrected chi connectivity index (χ4v) is 5.07. The van der Waals surface area contributed by atoms with E-state index in [1.807, 2.05) is 23.1 Å². The molecule has 1 unspecified atom stereocenters. The number of guanidine groups is 1. The summed E-state index contributed by atoms with van der Waals surface area (Å²) in [6, 6.07) is 15.0. The van der Waals surface area contributed by atoms with Crippen LogP contribution in [0.25, 0.3) is 0 Å². The molecular formula is C27H23ClF4N4O2. The van der Waals surface area contributed by atoms with Crippen molar-refractivity contribution >= 4 is 40.6 Å². The summed E-state index contributed by atoms with van der Waals surface area (Å²) < 4.78 is 55.1. The molecule has 6 nitrogen and oxygen atoms in total. The number of halogens is 5. The van der Waals surface area contributed by atoms with E-state index in [2.05, 4.69) is 4.90 Å². The van der Waals surface area contributed by atoms with E-state index in [-0.39, 0.29) is 5.69 Å². The number of carboxylic acids is 1. The van der Waals surface area contributed by atoms with Gasteiger partial charge in [-0.1, -0.05) is 23.7 Å². The molecule has 2 aliphatic rings. The van der Waals surface area contributed by atoms with Gasteiger partial charge in [0.05, 0.1) is 23.7 Å². The van der Waals surface area contributed by atoms with Gasteiger partial charge in [-0.05, 0) is 54.6 Å². The second kappa shape index (κ2) is 10.2. The molecule has 1 N–H and O–H groups in total. The van der Waals surface area contributed by atoms with Gasteiger partial charge in [0.15, 0.2) is 0 Å². The molecule has 5 rings (SSSR count). The van der Waals surface area contributed by atoms with E-state index < -0.39 is 36.0 Å². The molecule has 0 bridgehead atoms. The molecule has 2 aliphatic heterocycles. The molecule has 0 saturated carbocycles. The lowest BCUT2D eigenvalue weighted by atomic mass is 9.97. The summed E-state index contributed by atoms with van der Waals surface area (Å²) in [7, 11) is 0. The van der Waals surface area contributed by atoms with Gasteiger partial charge in [0.1, 0.15) is 5.82 Å². The van der Waals surface area contributed by atoms with Crippen LogP contribution in [0.5, 0.6) is 0 Å². The smallest absolute Gasteiger partial charge is 0.416 e. The Morgan fingerprint density at radius 3 is 2.32 bits per heavy atom. The zero-order valence-corrected chi connectivity index (χ0v) is 20.8. The average Bonchev–Trinajstić information content (AvgIpc) is 2.88. The summed E-state index contributed by atoms with van der Waals surface area (Å²) in [6.07, 6.45) is -5.06. The Kier molecular flexibility index (Phi) is 6.92. The van der Waals surface area contributed by atoms with E-state index in [9.17, 15) is 27.5 Å². The fraction of sp³-hybridized carbons (Fsp3) is 0.259. The average molecular weight is 547 g/mol. The molecule has 3 aromatic rings. The minimum absolute atomic E-state index is 0.122. The van der Waals surface area contributed by atoms with Crippen LogP contribution in [-0.2, 0) is 11.0 Å². The second-order valence-electron chi connectivity index (χ2n) is 9.10. The van der Waals surface area contributed by atoms with Gasteiger partial charge in [0.2, 0.25) is 5.96 Å². The van der Waals surface area contributed by atoms with E-state index in [1.165, 1.54) is 35.2 Å². The third-order valence-electron chi connectivity index (χ3n) is 6.65. The maximum atomic E-state index is 14.3. The molecule has 0 aromatic heterocycles. The van der Waals surface area contributed by atoms with Crippen molar-refractivity contribution in [1.29, 1.82) is 0 Å². The first-order valence-electron chi connectivity index (χ1n) is 11.9. The standard InChI is InChI=1S/C27H23ClF4N4O2/c28-18-4-2-5-20(14-18)34-9-11-35(12-10-34)26-33-23-8-7-19(29)15-22(23)24(16-25(37)38)36(26)21-6-1-3-17(13-21)27(30,31)32/h1-8,13-15,24H,9-12,16H2,(H,37,38). The number of nitrogens with zero attached hydrogens (tertiary/aromatic N) is 4. The molecular weight excluding hydrogens is 524 g/mol. The molecule has 198 valence electrons. The predicted molar refractivity (Wildman–Crippen MR) is 138 cm³/mol. The van der Waals surface area contributed by atoms with Gasteiger partial charge >= 0.3 is 12.1 Å². The predicted octanol–water partition coefficient (Wildman–Crippen LogP) is 6.34. The number of aliphatic imine (C=N–C) groups is 1. The quantitative estimate of drug-likeness (QED) is 0.387. The van der Waals surface area contributed by atoms with Gasteiger partial charge in [-0.2, -0.15) is 13.2 Å². The van der Waals surface area contributed by atoms with Gasteiger partial charge in [-0.3, -0.25) is 4.79 Å². The van der Waals surface area contributed by atoms with Crippen LogP contribution in [0.1, 0.15) is 23.6 Å². The Bertz CT molecular complexity index is 1390. The van der Waals surface area contributed by atoms with E-state index in [1.54, 1.807) is 6.07 Å². The zero-order chi connectivity index (χ0) is 27.0. The molecule has 0 aliphatic carbocycles. The summed E-state index contributed by atoms with van der Waals surface area (Å²) >= 11 is 6.15. The van der Waals surface area contributed by atoms with Crippen LogP contribution in [0.2, 0.25) is 5.02 Å². The highest BCUT2D eigenvalue weighted by Gasteiger charge is 2.38. The van der Waals surface area contributed by atoms with Crippen molar-refractivity contribution in [2.75, 3.05) is 36.0 Å². The number of hydrogen-bond acceptors (Lipinski definition) is 5. The lowest BCUT2D eigenvalue weighted by Gasteiger charge is -2.45. The number of piperazine rings is 1. The second-order valence-corrected chi connectivity index (χ2v) is 9.54. The highest BCUT2D eigenvalue weighted by atomic mass is 35.5. The minimum atomic E-state index is -4.60. The van der Waals surface area contributed by atoms with Gasteiger partial charge in [-0.25, -0.2) is 9.38 Å². The van der Waals surface area contributed by atoms with E-state index in [4.69, 9.17) is 16.6 Å². The van der Waals surface area contributed by atoms with Crippen LogP contribution in [0.4, 0.5) is 34.6 Å². The monoisotopic (exact) mass is 546 g/mol. The van der Waals surface area contributed by atoms with Gasteiger partial charge in [0, 0.05) is 48.1 Å². The van der Waals surface area contributed by atoms with Crippen molar-refractivity contribution in [1.82, 2.24) is 4.90 Å². The first-order valence-corrected chi connectivity index (χ1v) is 12.3. The largest absolute Gasteiger partial charge is 0.481 e. The third-order valence-corrected chi connectivity index (χ3v) is 6.89. The number of fused-ring (bicyclic) bond motifs is 1. The van der Waals surface area contributed by atoms with Crippen LogP contribution in [-0.4, -0.2) is 48.1 Å². The molecule has 2 heterocycles. The van der Waals surface area contributed by atoms with Crippen molar-refractivity contribution in [3.05, 3.63) is 88.7 Å². The van der Waals surface area contributed by atoms with Crippen LogP contribution in [0.3, 0.4) is 0 Å². The van der Waals surface area contributed by atoms with Crippen LogP contribution >= 0.6 is 11.6 Å². The molecule has 0 spiro atoms. The van der Waals surface area contributed by atoms with Crippen molar-refractivity contribution < 1.29 is 27.5 Å². The van der Waals surface area contributed by atoms with Gasteiger partial charge in [0.25, 0.3) is 0 Å². The van der Waals surface area contributed by atoms with Gasteiger partial charge in [-0.15, -0.1) is 0 Å². The van der Waals surface area contributed by atoms with Crippen molar-refractivity contribution in [2.45, 2.75) is 18.6 Å². The SMILES string of the molecule is O=C(O)CC1c2cc(F)ccc2N=C(N2CCN(c3cccc(Cl)c3)CC2)N1c1cccc(C(F)(F)F)c1. The molecule has 0 amide bonds. The number of alkyl halides is 3. The molecule has 1 atom stereocenters. The zero-order valence-electron chi connectivity index (χ0n) is 20.0. The van der Waals surface area contributed by atoms with Crippen LogP contribution in [0.15, 0.2) is 71.7 Å².